The summed E-state index contributed by atoms with van der Waals surface area (Å²) >= 11 is 0. The zero-order valence-electron chi connectivity index (χ0n) is 16.1. The highest BCUT2D eigenvalue weighted by molar-refractivity contribution is 5.89. The van der Waals surface area contributed by atoms with E-state index in [-0.39, 0.29) is 5.56 Å². The summed E-state index contributed by atoms with van der Waals surface area (Å²) in [7, 11) is 0. The molecule has 0 atom stereocenters. The van der Waals surface area contributed by atoms with E-state index in [9.17, 15) is 9.90 Å². The van der Waals surface area contributed by atoms with E-state index in [1.807, 2.05) is 79.7 Å². The van der Waals surface area contributed by atoms with E-state index in [2.05, 4.69) is 4.57 Å². The molecule has 0 bridgehead atoms. The lowest BCUT2D eigenvalue weighted by atomic mass is 10.1. The first-order valence-corrected chi connectivity index (χ1v) is 9.41. The van der Waals surface area contributed by atoms with Gasteiger partial charge in [0.1, 0.15) is 12.4 Å². The molecule has 0 aliphatic rings. The number of nitrogens with zero attached hydrogens (tertiary/aromatic N) is 1. The van der Waals surface area contributed by atoms with Gasteiger partial charge in [0.2, 0.25) is 0 Å². The monoisotopic (exact) mass is 383 g/mol. The molecule has 3 aromatic carbocycles. The van der Waals surface area contributed by atoms with Crippen molar-refractivity contribution in [2.24, 2.45) is 0 Å². The van der Waals surface area contributed by atoms with Gasteiger partial charge in [0.25, 0.3) is 0 Å². The van der Waals surface area contributed by atoms with Gasteiger partial charge in [-0.15, -0.1) is 0 Å². The molecular formula is C25H21NO3. The van der Waals surface area contributed by atoms with E-state index in [0.29, 0.717) is 6.61 Å². The van der Waals surface area contributed by atoms with Gasteiger partial charge < -0.3 is 14.4 Å². The van der Waals surface area contributed by atoms with Crippen molar-refractivity contribution in [2.75, 3.05) is 0 Å². The SMILES string of the molecule is Cc1ccc(-c2cccc(C(=O)O)c2)n1-c1ccccc1OCc1ccccc1. The molecule has 144 valence electrons. The Bertz CT molecular complexity index is 1150. The molecule has 4 aromatic rings. The summed E-state index contributed by atoms with van der Waals surface area (Å²) < 4.78 is 8.24. The number of aryl methyl sites for hydroxylation is 1. The number of hydrogen-bond acceptors (Lipinski definition) is 2. The van der Waals surface area contributed by atoms with E-state index in [4.69, 9.17) is 4.74 Å². The van der Waals surface area contributed by atoms with Crippen LogP contribution >= 0.6 is 0 Å². The first kappa shape index (κ1) is 18.6. The van der Waals surface area contributed by atoms with Gasteiger partial charge in [0.15, 0.2) is 0 Å². The largest absolute Gasteiger partial charge is 0.487 e. The molecule has 0 aliphatic heterocycles. The van der Waals surface area contributed by atoms with Gasteiger partial charge in [0, 0.05) is 5.69 Å². The van der Waals surface area contributed by atoms with Crippen molar-refractivity contribution in [3.05, 3.63) is 108 Å². The van der Waals surface area contributed by atoms with Crippen LogP contribution < -0.4 is 4.74 Å². The normalized spacial score (nSPS) is 10.7. The molecule has 0 saturated heterocycles. The Morgan fingerprint density at radius 1 is 0.897 bits per heavy atom. The van der Waals surface area contributed by atoms with Gasteiger partial charge in [-0.25, -0.2) is 4.79 Å². The number of carbonyl (C=O) groups is 1. The smallest absolute Gasteiger partial charge is 0.335 e. The highest BCUT2D eigenvalue weighted by Crippen LogP contribution is 2.32. The van der Waals surface area contributed by atoms with E-state index in [1.54, 1.807) is 18.2 Å². The number of benzene rings is 3. The molecule has 0 radical (unpaired) electrons. The highest BCUT2D eigenvalue weighted by atomic mass is 16.5. The van der Waals surface area contributed by atoms with Gasteiger partial charge in [0.05, 0.1) is 16.9 Å². The van der Waals surface area contributed by atoms with Crippen LogP contribution in [0.5, 0.6) is 5.75 Å². The van der Waals surface area contributed by atoms with Crippen LogP contribution in [0.3, 0.4) is 0 Å². The summed E-state index contributed by atoms with van der Waals surface area (Å²) in [5, 5.41) is 9.34. The Morgan fingerprint density at radius 2 is 1.66 bits per heavy atom. The van der Waals surface area contributed by atoms with Crippen LogP contribution in [0.4, 0.5) is 0 Å². The van der Waals surface area contributed by atoms with E-state index >= 15 is 0 Å². The summed E-state index contributed by atoms with van der Waals surface area (Å²) in [6.07, 6.45) is 0. The third kappa shape index (κ3) is 3.92. The fourth-order valence-corrected chi connectivity index (χ4v) is 3.39. The maximum atomic E-state index is 11.4. The summed E-state index contributed by atoms with van der Waals surface area (Å²) in [4.78, 5) is 11.4. The number of ether oxygens (including phenoxy) is 1. The quantitative estimate of drug-likeness (QED) is 0.463. The zero-order valence-corrected chi connectivity index (χ0v) is 16.1. The molecule has 1 aromatic heterocycles. The lowest BCUT2D eigenvalue weighted by molar-refractivity contribution is 0.0697. The second-order valence-corrected chi connectivity index (χ2v) is 6.82. The van der Waals surface area contributed by atoms with Crippen molar-refractivity contribution in [2.45, 2.75) is 13.5 Å². The number of aromatic nitrogens is 1. The van der Waals surface area contributed by atoms with Gasteiger partial charge in [-0.1, -0.05) is 54.6 Å². The number of carboxylic acid groups (broad SMARTS) is 1. The molecule has 0 fully saturated rings. The maximum absolute atomic E-state index is 11.4. The minimum Gasteiger partial charge on any atom is -0.487 e. The van der Waals surface area contributed by atoms with Crippen molar-refractivity contribution in [3.63, 3.8) is 0 Å². The maximum Gasteiger partial charge on any atom is 0.335 e. The Kier molecular flexibility index (Phi) is 5.16. The van der Waals surface area contributed by atoms with Gasteiger partial charge in [-0.3, -0.25) is 0 Å². The molecule has 0 spiro atoms. The molecule has 4 rings (SSSR count). The number of carboxylic acids is 1. The molecule has 4 heteroatoms. The van der Waals surface area contributed by atoms with Crippen molar-refractivity contribution in [3.8, 4) is 22.7 Å². The van der Waals surface area contributed by atoms with Crippen molar-refractivity contribution < 1.29 is 14.6 Å². The van der Waals surface area contributed by atoms with Crippen LogP contribution in [0.2, 0.25) is 0 Å². The van der Waals surface area contributed by atoms with Crippen LogP contribution in [-0.4, -0.2) is 15.6 Å². The molecular weight excluding hydrogens is 362 g/mol. The summed E-state index contributed by atoms with van der Waals surface area (Å²) in [5.41, 5.74) is 5.08. The summed E-state index contributed by atoms with van der Waals surface area (Å²) in [6.45, 7) is 2.50. The third-order valence-corrected chi connectivity index (χ3v) is 4.82. The minimum absolute atomic E-state index is 0.265. The molecule has 0 amide bonds. The lowest BCUT2D eigenvalue weighted by Gasteiger charge is -2.17. The molecule has 29 heavy (non-hydrogen) atoms. The number of aromatic carboxylic acids is 1. The number of rotatable bonds is 6. The highest BCUT2D eigenvalue weighted by Gasteiger charge is 2.15. The van der Waals surface area contributed by atoms with Gasteiger partial charge in [-0.05, 0) is 54.4 Å². The number of para-hydroxylation sites is 2. The van der Waals surface area contributed by atoms with Crippen LogP contribution in [0.15, 0.2) is 91.0 Å². The zero-order chi connectivity index (χ0) is 20.2. The summed E-state index contributed by atoms with van der Waals surface area (Å²) in [6, 6.07) is 28.9. The molecule has 0 saturated carbocycles. The first-order valence-electron chi connectivity index (χ1n) is 9.41. The second kappa shape index (κ2) is 8.07. The lowest BCUT2D eigenvalue weighted by Crippen LogP contribution is -2.04. The van der Waals surface area contributed by atoms with E-state index in [1.165, 1.54) is 0 Å². The molecule has 4 nitrogen and oxygen atoms in total. The average molecular weight is 383 g/mol. The van der Waals surface area contributed by atoms with Crippen LogP contribution in [0.25, 0.3) is 16.9 Å². The van der Waals surface area contributed by atoms with Gasteiger partial charge >= 0.3 is 5.97 Å². The number of hydrogen-bond donors (Lipinski definition) is 1. The molecule has 1 N–H and O–H groups in total. The Balaban J connectivity index is 1.74. The van der Waals surface area contributed by atoms with Crippen LogP contribution in [0.1, 0.15) is 21.6 Å². The Morgan fingerprint density at radius 3 is 2.45 bits per heavy atom. The van der Waals surface area contributed by atoms with E-state index in [0.717, 1.165) is 34.0 Å². The predicted molar refractivity (Wildman–Crippen MR) is 114 cm³/mol. The Labute approximate surface area is 169 Å². The van der Waals surface area contributed by atoms with E-state index < -0.39 is 5.97 Å². The van der Waals surface area contributed by atoms with Crippen LogP contribution in [0, 0.1) is 6.92 Å². The van der Waals surface area contributed by atoms with Crippen molar-refractivity contribution in [1.29, 1.82) is 0 Å². The molecule has 1 heterocycles. The van der Waals surface area contributed by atoms with Crippen LogP contribution in [-0.2, 0) is 6.61 Å². The fraction of sp³-hybridized carbons (Fsp3) is 0.0800. The third-order valence-electron chi connectivity index (χ3n) is 4.82. The molecule has 0 unspecified atom stereocenters. The predicted octanol–water partition coefficient (Wildman–Crippen LogP) is 5.73. The van der Waals surface area contributed by atoms with Crippen molar-refractivity contribution in [1.82, 2.24) is 4.57 Å². The second-order valence-electron chi connectivity index (χ2n) is 6.82. The Hall–Kier alpha value is -3.79. The topological polar surface area (TPSA) is 51.5 Å². The molecule has 0 aliphatic carbocycles. The summed E-state index contributed by atoms with van der Waals surface area (Å²) in [5.74, 6) is -0.167. The standard InChI is InChI=1S/C25H21NO3/c1-18-14-15-22(20-10-7-11-21(16-20)25(27)28)26(18)23-12-5-6-13-24(23)29-17-19-8-3-2-4-9-19/h2-16H,17H2,1H3,(H,27,28). The first-order chi connectivity index (χ1) is 14.1. The average Bonchev–Trinajstić information content (AvgIpc) is 3.14. The fourth-order valence-electron chi connectivity index (χ4n) is 3.39. The minimum atomic E-state index is -0.937. The van der Waals surface area contributed by atoms with Gasteiger partial charge in [-0.2, -0.15) is 0 Å². The van der Waals surface area contributed by atoms with Crippen molar-refractivity contribution >= 4 is 5.97 Å².